The number of amides is 1. The zero-order chi connectivity index (χ0) is 15.1. The fourth-order valence-electron chi connectivity index (χ4n) is 1.57. The lowest BCUT2D eigenvalue weighted by atomic mass is 10.1. The van der Waals surface area contributed by atoms with E-state index in [2.05, 4.69) is 4.74 Å². The second-order valence-corrected chi connectivity index (χ2v) is 4.17. The van der Waals surface area contributed by atoms with Gasteiger partial charge in [0.25, 0.3) is 0 Å². The van der Waals surface area contributed by atoms with E-state index in [4.69, 9.17) is 5.11 Å². The summed E-state index contributed by atoms with van der Waals surface area (Å²) in [6.45, 7) is -3.22. The lowest BCUT2D eigenvalue weighted by Gasteiger charge is -2.14. The van der Waals surface area contributed by atoms with Crippen molar-refractivity contribution in [1.82, 2.24) is 4.90 Å². The lowest BCUT2D eigenvalue weighted by Crippen LogP contribution is -2.32. The summed E-state index contributed by atoms with van der Waals surface area (Å²) in [7, 11) is 1.41. The second kappa shape index (κ2) is 7.42. The Bertz CT molecular complexity index is 462. The Morgan fingerprint density at radius 3 is 2.40 bits per heavy atom. The number of hydrogen-bond acceptors (Lipinski definition) is 3. The topological polar surface area (TPSA) is 66.8 Å². The summed E-state index contributed by atoms with van der Waals surface area (Å²) < 4.78 is 28.1. The molecule has 0 saturated heterocycles. The average molecular weight is 287 g/mol. The van der Waals surface area contributed by atoms with Gasteiger partial charge in [-0.05, 0) is 24.1 Å². The normalized spacial score (nSPS) is 10.4. The Hall–Kier alpha value is -2.18. The van der Waals surface area contributed by atoms with Crippen molar-refractivity contribution < 1.29 is 28.2 Å². The van der Waals surface area contributed by atoms with Crippen LogP contribution in [0.2, 0.25) is 0 Å². The van der Waals surface area contributed by atoms with Crippen molar-refractivity contribution in [2.45, 2.75) is 19.5 Å². The van der Waals surface area contributed by atoms with E-state index < -0.39 is 12.6 Å². The highest BCUT2D eigenvalue weighted by Gasteiger charge is 2.12. The summed E-state index contributed by atoms with van der Waals surface area (Å²) in [5.74, 6) is -1.31. The van der Waals surface area contributed by atoms with Gasteiger partial charge in [0, 0.05) is 13.5 Å². The van der Waals surface area contributed by atoms with Gasteiger partial charge in [-0.1, -0.05) is 12.1 Å². The van der Waals surface area contributed by atoms with Gasteiger partial charge in [-0.2, -0.15) is 8.78 Å². The first kappa shape index (κ1) is 15.9. The van der Waals surface area contributed by atoms with Gasteiger partial charge < -0.3 is 14.7 Å². The van der Waals surface area contributed by atoms with Crippen molar-refractivity contribution in [1.29, 1.82) is 0 Å². The molecule has 110 valence electrons. The van der Waals surface area contributed by atoms with E-state index in [0.29, 0.717) is 6.42 Å². The van der Waals surface area contributed by atoms with Crippen molar-refractivity contribution >= 4 is 11.9 Å². The Kier molecular flexibility index (Phi) is 5.89. The molecule has 1 aromatic rings. The SMILES string of the molecule is CN(CC(=O)O)C(=O)CCc1ccc(OC(F)F)cc1. The second-order valence-electron chi connectivity index (χ2n) is 4.17. The smallest absolute Gasteiger partial charge is 0.387 e. The van der Waals surface area contributed by atoms with Crippen LogP contribution in [0.4, 0.5) is 8.78 Å². The predicted octanol–water partition coefficient (Wildman–Crippen LogP) is 1.76. The number of alkyl halides is 2. The lowest BCUT2D eigenvalue weighted by molar-refractivity contribution is -0.143. The molecule has 7 heteroatoms. The van der Waals surface area contributed by atoms with E-state index >= 15 is 0 Å². The molecule has 0 radical (unpaired) electrons. The number of carbonyl (C=O) groups is 2. The van der Waals surface area contributed by atoms with Crippen LogP contribution in [0.25, 0.3) is 0 Å². The molecule has 0 unspecified atom stereocenters. The molecule has 0 atom stereocenters. The molecule has 5 nitrogen and oxygen atoms in total. The third-order valence-corrected chi connectivity index (χ3v) is 2.57. The number of likely N-dealkylation sites (N-methyl/N-ethyl adjacent to an activating group) is 1. The number of carboxylic acids is 1. The van der Waals surface area contributed by atoms with Crippen LogP contribution in [-0.2, 0) is 16.0 Å². The Balaban J connectivity index is 2.45. The minimum Gasteiger partial charge on any atom is -0.480 e. The molecule has 0 fully saturated rings. The molecule has 0 spiro atoms. The van der Waals surface area contributed by atoms with Gasteiger partial charge in [0.05, 0.1) is 0 Å². The molecule has 0 heterocycles. The van der Waals surface area contributed by atoms with Crippen LogP contribution < -0.4 is 4.74 Å². The number of nitrogens with zero attached hydrogens (tertiary/aromatic N) is 1. The highest BCUT2D eigenvalue weighted by molar-refractivity contribution is 5.81. The highest BCUT2D eigenvalue weighted by Crippen LogP contribution is 2.15. The molecule has 0 saturated carbocycles. The molecule has 0 aliphatic rings. The van der Waals surface area contributed by atoms with E-state index in [1.165, 1.54) is 19.2 Å². The summed E-state index contributed by atoms with van der Waals surface area (Å²) >= 11 is 0. The highest BCUT2D eigenvalue weighted by atomic mass is 19.3. The fraction of sp³-hybridized carbons (Fsp3) is 0.385. The number of halogens is 2. The number of aryl methyl sites for hydroxylation is 1. The van der Waals surface area contributed by atoms with Crippen LogP contribution in [0, 0.1) is 0 Å². The van der Waals surface area contributed by atoms with Crippen molar-refractivity contribution in [3.63, 3.8) is 0 Å². The first-order valence-electron chi connectivity index (χ1n) is 5.88. The number of ether oxygens (including phenoxy) is 1. The predicted molar refractivity (Wildman–Crippen MR) is 66.7 cm³/mol. The first-order valence-corrected chi connectivity index (χ1v) is 5.88. The minimum atomic E-state index is -2.87. The average Bonchev–Trinajstić information content (AvgIpc) is 2.36. The quantitative estimate of drug-likeness (QED) is 0.830. The van der Waals surface area contributed by atoms with E-state index in [1.807, 2.05) is 0 Å². The maximum atomic E-state index is 11.9. The molecule has 0 aromatic heterocycles. The van der Waals surface area contributed by atoms with E-state index in [1.54, 1.807) is 12.1 Å². The Labute approximate surface area is 114 Å². The summed E-state index contributed by atoms with van der Waals surface area (Å²) in [5.41, 5.74) is 0.781. The van der Waals surface area contributed by atoms with E-state index in [0.717, 1.165) is 10.5 Å². The van der Waals surface area contributed by atoms with Gasteiger partial charge in [0.2, 0.25) is 5.91 Å². The number of aliphatic carboxylic acids is 1. The Morgan fingerprint density at radius 2 is 1.90 bits per heavy atom. The molecule has 1 amide bonds. The monoisotopic (exact) mass is 287 g/mol. The van der Waals surface area contributed by atoms with Gasteiger partial charge >= 0.3 is 12.6 Å². The number of rotatable bonds is 7. The van der Waals surface area contributed by atoms with Crippen LogP contribution in [0.5, 0.6) is 5.75 Å². The fourth-order valence-corrected chi connectivity index (χ4v) is 1.57. The van der Waals surface area contributed by atoms with E-state index in [-0.39, 0.29) is 24.6 Å². The van der Waals surface area contributed by atoms with Crippen LogP contribution >= 0.6 is 0 Å². The number of carboxylic acid groups (broad SMARTS) is 1. The minimum absolute atomic E-state index is 0.0538. The van der Waals surface area contributed by atoms with Gasteiger partial charge in [-0.25, -0.2) is 0 Å². The molecular formula is C13H15F2NO4. The maximum Gasteiger partial charge on any atom is 0.387 e. The molecule has 0 aliphatic carbocycles. The van der Waals surface area contributed by atoms with Crippen molar-refractivity contribution in [2.24, 2.45) is 0 Å². The largest absolute Gasteiger partial charge is 0.480 e. The van der Waals surface area contributed by atoms with Crippen molar-refractivity contribution in [3.8, 4) is 5.75 Å². The third-order valence-electron chi connectivity index (χ3n) is 2.57. The summed E-state index contributed by atoms with van der Waals surface area (Å²) in [4.78, 5) is 23.2. The van der Waals surface area contributed by atoms with Gasteiger partial charge in [-0.3, -0.25) is 9.59 Å². The van der Waals surface area contributed by atoms with Crippen LogP contribution in [0.15, 0.2) is 24.3 Å². The van der Waals surface area contributed by atoms with Crippen molar-refractivity contribution in [2.75, 3.05) is 13.6 Å². The van der Waals surface area contributed by atoms with Crippen LogP contribution in [-0.4, -0.2) is 42.1 Å². The van der Waals surface area contributed by atoms with Crippen LogP contribution in [0.3, 0.4) is 0 Å². The maximum absolute atomic E-state index is 11.9. The zero-order valence-electron chi connectivity index (χ0n) is 10.9. The zero-order valence-corrected chi connectivity index (χ0v) is 10.9. The molecule has 20 heavy (non-hydrogen) atoms. The van der Waals surface area contributed by atoms with Crippen molar-refractivity contribution in [3.05, 3.63) is 29.8 Å². The summed E-state index contributed by atoms with van der Waals surface area (Å²) in [6, 6.07) is 5.96. The summed E-state index contributed by atoms with van der Waals surface area (Å²) in [5, 5.41) is 8.55. The number of carbonyl (C=O) groups excluding carboxylic acids is 1. The molecule has 0 bridgehead atoms. The van der Waals surface area contributed by atoms with Gasteiger partial charge in [0.1, 0.15) is 12.3 Å². The van der Waals surface area contributed by atoms with Gasteiger partial charge in [0.15, 0.2) is 0 Å². The molecule has 0 aliphatic heterocycles. The third kappa shape index (κ3) is 5.64. The number of hydrogen-bond donors (Lipinski definition) is 1. The molecule has 1 aromatic carbocycles. The first-order chi connectivity index (χ1) is 9.38. The molecule has 1 N–H and O–H groups in total. The summed E-state index contributed by atoms with van der Waals surface area (Å²) in [6.07, 6.45) is 0.552. The molecule has 1 rings (SSSR count). The molecular weight excluding hydrogens is 272 g/mol. The Morgan fingerprint density at radius 1 is 1.30 bits per heavy atom. The van der Waals surface area contributed by atoms with Gasteiger partial charge in [-0.15, -0.1) is 0 Å². The van der Waals surface area contributed by atoms with E-state index in [9.17, 15) is 18.4 Å². The standard InChI is InChI=1S/C13H15F2NO4/c1-16(8-12(18)19)11(17)7-4-9-2-5-10(6-3-9)20-13(14)15/h2-3,5-6,13H,4,7-8H2,1H3,(H,18,19). The van der Waals surface area contributed by atoms with Crippen LogP contribution in [0.1, 0.15) is 12.0 Å². The number of benzene rings is 1.